The number of hydrogen-bond donors (Lipinski definition) is 1. The summed E-state index contributed by atoms with van der Waals surface area (Å²) in [7, 11) is 0. The van der Waals surface area contributed by atoms with Crippen LogP contribution in [-0.4, -0.2) is 5.91 Å². The molecule has 2 nitrogen and oxygen atoms in total. The van der Waals surface area contributed by atoms with Crippen LogP contribution in [0.5, 0.6) is 0 Å². The van der Waals surface area contributed by atoms with Crippen molar-refractivity contribution >= 4 is 5.91 Å². The minimum absolute atomic E-state index is 0.445. The third-order valence-electron chi connectivity index (χ3n) is 1.99. The smallest absolute Gasteiger partial charge is 0.359 e. The van der Waals surface area contributed by atoms with Crippen molar-refractivity contribution in [3.05, 3.63) is 34.9 Å². The van der Waals surface area contributed by atoms with E-state index >= 15 is 0 Å². The van der Waals surface area contributed by atoms with E-state index in [1.54, 1.807) is 0 Å². The van der Waals surface area contributed by atoms with Crippen molar-refractivity contribution in [1.82, 2.24) is 0 Å². The molecule has 19 heavy (non-hydrogen) atoms. The van der Waals surface area contributed by atoms with Gasteiger partial charge in [-0.3, -0.25) is 4.79 Å². The van der Waals surface area contributed by atoms with Gasteiger partial charge in [-0.05, 0) is 12.1 Å². The Hall–Kier alpha value is -2.17. The molecule has 0 fully saturated rings. The highest BCUT2D eigenvalue weighted by Gasteiger charge is 2.40. The number of carbonyl (C=O) groups is 1. The lowest BCUT2D eigenvalue weighted by atomic mass is 10.0. The van der Waals surface area contributed by atoms with E-state index in [0.29, 0.717) is 18.2 Å². The van der Waals surface area contributed by atoms with E-state index in [0.717, 1.165) is 0 Å². The number of halogens is 6. The Morgan fingerprint density at radius 3 is 1.74 bits per heavy atom. The number of nitrogens with two attached hydrogens (primary N) is 1. The molecule has 0 spiro atoms. The average molecular weight is 281 g/mol. The van der Waals surface area contributed by atoms with Gasteiger partial charge in [0.2, 0.25) is 0 Å². The van der Waals surface area contributed by atoms with Gasteiger partial charge in [-0.25, -0.2) is 0 Å². The highest BCUT2D eigenvalue weighted by atomic mass is 19.4. The fraction of sp³-hybridized carbons (Fsp3) is 0.182. The summed E-state index contributed by atoms with van der Waals surface area (Å²) in [5, 5.41) is 0. The van der Waals surface area contributed by atoms with E-state index in [9.17, 15) is 31.1 Å². The zero-order chi connectivity index (χ0) is 14.8. The van der Waals surface area contributed by atoms with Crippen LogP contribution in [0.25, 0.3) is 0 Å². The van der Waals surface area contributed by atoms with Crippen molar-refractivity contribution in [2.75, 3.05) is 0 Å². The summed E-state index contributed by atoms with van der Waals surface area (Å²) in [5.74, 6) is 1.68. The van der Waals surface area contributed by atoms with Gasteiger partial charge in [0.15, 0.2) is 0 Å². The van der Waals surface area contributed by atoms with E-state index in [1.807, 2.05) is 0 Å². The van der Waals surface area contributed by atoms with Gasteiger partial charge >= 0.3 is 12.4 Å². The summed E-state index contributed by atoms with van der Waals surface area (Å²) < 4.78 is 75.5. The molecule has 0 atom stereocenters. The summed E-state index contributed by atoms with van der Waals surface area (Å²) in [4.78, 5) is 10.4. The first-order valence-corrected chi connectivity index (χ1v) is 4.62. The minimum atomic E-state index is -5.02. The number of benzene rings is 1. The number of hydrogen-bond acceptors (Lipinski definition) is 1. The van der Waals surface area contributed by atoms with Crippen molar-refractivity contribution in [3.63, 3.8) is 0 Å². The molecule has 0 aliphatic carbocycles. The van der Waals surface area contributed by atoms with Gasteiger partial charge < -0.3 is 5.73 Å². The number of rotatable bonds is 0. The van der Waals surface area contributed by atoms with Gasteiger partial charge in [0.25, 0.3) is 5.91 Å². The quantitative estimate of drug-likeness (QED) is 0.576. The highest BCUT2D eigenvalue weighted by Crippen LogP contribution is 2.38. The third-order valence-corrected chi connectivity index (χ3v) is 1.99. The van der Waals surface area contributed by atoms with E-state index in [4.69, 9.17) is 0 Å². The number of primary amides is 1. The summed E-state index contributed by atoms with van der Waals surface area (Å²) in [6.45, 7) is 0. The van der Waals surface area contributed by atoms with Crippen LogP contribution in [-0.2, 0) is 17.1 Å². The molecule has 102 valence electrons. The van der Waals surface area contributed by atoms with Gasteiger partial charge in [0.1, 0.15) is 0 Å². The van der Waals surface area contributed by atoms with Crippen LogP contribution in [0.2, 0.25) is 0 Å². The maximum absolute atomic E-state index is 12.6. The molecule has 0 aliphatic rings. The van der Waals surface area contributed by atoms with Crippen LogP contribution >= 0.6 is 0 Å². The molecule has 1 amide bonds. The van der Waals surface area contributed by atoms with Crippen LogP contribution in [0.15, 0.2) is 18.2 Å². The Balaban J connectivity index is 3.61. The second-order valence-electron chi connectivity index (χ2n) is 3.34. The molecular formula is C11H5F6NO. The number of carbonyl (C=O) groups excluding carboxylic acids is 1. The molecule has 1 aromatic carbocycles. The van der Waals surface area contributed by atoms with Gasteiger partial charge in [-0.1, -0.05) is 12.0 Å². The minimum Gasteiger partial charge on any atom is -0.359 e. The van der Waals surface area contributed by atoms with E-state index in [1.165, 1.54) is 11.8 Å². The maximum Gasteiger partial charge on any atom is 0.417 e. The molecule has 0 radical (unpaired) electrons. The molecule has 8 heteroatoms. The zero-order valence-corrected chi connectivity index (χ0v) is 8.99. The summed E-state index contributed by atoms with van der Waals surface area (Å²) in [6, 6.07) is 1.50. The first-order chi connectivity index (χ1) is 8.53. The monoisotopic (exact) mass is 281 g/mol. The van der Waals surface area contributed by atoms with Gasteiger partial charge in [0, 0.05) is 11.5 Å². The van der Waals surface area contributed by atoms with Gasteiger partial charge in [-0.2, -0.15) is 26.3 Å². The predicted molar refractivity (Wildman–Crippen MR) is 52.5 cm³/mol. The summed E-state index contributed by atoms with van der Waals surface area (Å²) in [5.41, 5.74) is 0.119. The zero-order valence-electron chi connectivity index (χ0n) is 8.99. The lowest BCUT2D eigenvalue weighted by molar-refractivity contribution is -0.143. The standard InChI is InChI=1S/C11H5F6NO/c12-10(13,14)7-2-1-3-8(11(15,16)17)6(7)4-5-9(18)19/h1-3H,(H2,18,19). The second kappa shape index (κ2) is 4.84. The largest absolute Gasteiger partial charge is 0.417 e. The van der Waals surface area contributed by atoms with E-state index < -0.39 is 35.0 Å². The molecule has 0 saturated heterocycles. The Kier molecular flexibility index (Phi) is 3.79. The van der Waals surface area contributed by atoms with Crippen LogP contribution < -0.4 is 5.73 Å². The van der Waals surface area contributed by atoms with Crippen molar-refractivity contribution in [3.8, 4) is 11.8 Å². The topological polar surface area (TPSA) is 43.1 Å². The lowest BCUT2D eigenvalue weighted by Crippen LogP contribution is -2.15. The predicted octanol–water partition coefficient (Wildman–Crippen LogP) is 2.56. The van der Waals surface area contributed by atoms with Crippen molar-refractivity contribution in [2.24, 2.45) is 5.73 Å². The van der Waals surface area contributed by atoms with Crippen LogP contribution in [0, 0.1) is 11.8 Å². The second-order valence-corrected chi connectivity index (χ2v) is 3.34. The SMILES string of the molecule is NC(=O)C#Cc1c(C(F)(F)F)cccc1C(F)(F)F. The molecule has 0 bridgehead atoms. The lowest BCUT2D eigenvalue weighted by Gasteiger charge is -2.14. The van der Waals surface area contributed by atoms with Crippen molar-refractivity contribution in [2.45, 2.75) is 12.4 Å². The fourth-order valence-electron chi connectivity index (χ4n) is 1.28. The van der Waals surface area contributed by atoms with E-state index in [2.05, 4.69) is 5.73 Å². The Labute approximate surface area is 103 Å². The van der Waals surface area contributed by atoms with E-state index in [-0.39, 0.29) is 0 Å². The van der Waals surface area contributed by atoms with Gasteiger partial charge in [-0.15, -0.1) is 0 Å². The number of alkyl halides is 6. The van der Waals surface area contributed by atoms with Gasteiger partial charge in [0.05, 0.1) is 11.1 Å². The Bertz CT molecular complexity index is 529. The maximum atomic E-state index is 12.6. The van der Waals surface area contributed by atoms with Crippen molar-refractivity contribution < 1.29 is 31.1 Å². The number of amides is 1. The molecule has 0 unspecified atom stereocenters. The average Bonchev–Trinajstić information content (AvgIpc) is 2.23. The normalized spacial score (nSPS) is 11.7. The van der Waals surface area contributed by atoms with Crippen LogP contribution in [0.3, 0.4) is 0 Å². The fourth-order valence-corrected chi connectivity index (χ4v) is 1.28. The highest BCUT2D eigenvalue weighted by molar-refractivity contribution is 5.92. The molecule has 1 rings (SSSR count). The van der Waals surface area contributed by atoms with Crippen LogP contribution in [0.1, 0.15) is 16.7 Å². The molecule has 0 saturated carbocycles. The Morgan fingerprint density at radius 1 is 1.00 bits per heavy atom. The molecule has 0 heterocycles. The molecule has 2 N–H and O–H groups in total. The summed E-state index contributed by atoms with van der Waals surface area (Å²) >= 11 is 0. The summed E-state index contributed by atoms with van der Waals surface area (Å²) in [6.07, 6.45) is -10.0. The van der Waals surface area contributed by atoms with Crippen LogP contribution in [0.4, 0.5) is 26.3 Å². The first-order valence-electron chi connectivity index (χ1n) is 4.62. The molecule has 1 aromatic rings. The molecule has 0 aromatic heterocycles. The third kappa shape index (κ3) is 3.64. The molecule has 0 aliphatic heterocycles. The molecular weight excluding hydrogens is 276 g/mol. The van der Waals surface area contributed by atoms with Crippen molar-refractivity contribution in [1.29, 1.82) is 0 Å². The first kappa shape index (κ1) is 14.9. The Morgan fingerprint density at radius 2 is 1.42 bits per heavy atom.